The van der Waals surface area contributed by atoms with E-state index in [1.807, 2.05) is 0 Å². The van der Waals surface area contributed by atoms with Crippen LogP contribution < -0.4 is 5.73 Å². The quantitative estimate of drug-likeness (QED) is 0.222. The molecule has 8 heteroatoms. The minimum Gasteiger partial charge on any atom is -0.448 e. The molecule has 1 aromatic rings. The van der Waals surface area contributed by atoms with Crippen LogP contribution in [-0.2, 0) is 9.53 Å². The number of aliphatic hydroxyl groups is 4. The van der Waals surface area contributed by atoms with Gasteiger partial charge < -0.3 is 30.9 Å². The van der Waals surface area contributed by atoms with Gasteiger partial charge in [-0.1, -0.05) is 12.1 Å². The van der Waals surface area contributed by atoms with Crippen molar-refractivity contribution < 1.29 is 34.8 Å². The van der Waals surface area contributed by atoms with Gasteiger partial charge in [-0.2, -0.15) is 0 Å². The van der Waals surface area contributed by atoms with E-state index in [9.17, 15) is 24.9 Å². The second-order valence-corrected chi connectivity index (χ2v) is 4.32. The first-order valence-corrected chi connectivity index (χ1v) is 6.08. The molecule has 0 aromatic heterocycles. The molecule has 1 aromatic carbocycles. The van der Waals surface area contributed by atoms with Crippen molar-refractivity contribution in [2.45, 2.75) is 24.4 Å². The van der Waals surface area contributed by atoms with Crippen LogP contribution in [0, 0.1) is 0 Å². The predicted molar refractivity (Wildman–Crippen MR) is 71.2 cm³/mol. The second-order valence-electron chi connectivity index (χ2n) is 4.32. The van der Waals surface area contributed by atoms with E-state index in [4.69, 9.17) is 15.6 Å². The lowest BCUT2D eigenvalue weighted by atomic mass is 10.0. The van der Waals surface area contributed by atoms with Gasteiger partial charge in [0.05, 0.1) is 12.2 Å². The van der Waals surface area contributed by atoms with Gasteiger partial charge in [-0.05, 0) is 12.1 Å². The molecule has 0 saturated carbocycles. The van der Waals surface area contributed by atoms with Crippen LogP contribution in [0.15, 0.2) is 24.3 Å². The Bertz CT molecular complexity index is 493. The number of anilines is 1. The van der Waals surface area contributed by atoms with E-state index in [0.717, 1.165) is 0 Å². The van der Waals surface area contributed by atoms with Crippen LogP contribution in [0.4, 0.5) is 5.69 Å². The summed E-state index contributed by atoms with van der Waals surface area (Å²) in [6.45, 7) is -0.830. The Morgan fingerprint density at radius 1 is 1.24 bits per heavy atom. The van der Waals surface area contributed by atoms with Gasteiger partial charge in [0.1, 0.15) is 18.3 Å². The van der Waals surface area contributed by atoms with Gasteiger partial charge in [-0.15, -0.1) is 0 Å². The van der Waals surface area contributed by atoms with Gasteiger partial charge in [0, 0.05) is 5.69 Å². The highest BCUT2D eigenvalue weighted by molar-refractivity contribution is 5.95. The molecule has 0 saturated heterocycles. The minimum atomic E-state index is -1.89. The number of carbonyl (C=O) groups excluding carboxylic acids is 2. The Morgan fingerprint density at radius 2 is 1.86 bits per heavy atom. The Balaban J connectivity index is 2.80. The Labute approximate surface area is 120 Å². The van der Waals surface area contributed by atoms with Gasteiger partial charge in [-0.3, -0.25) is 4.79 Å². The molecule has 21 heavy (non-hydrogen) atoms. The fraction of sp³-hybridized carbons (Fsp3) is 0.385. The van der Waals surface area contributed by atoms with Gasteiger partial charge >= 0.3 is 5.97 Å². The zero-order valence-electron chi connectivity index (χ0n) is 11.0. The van der Waals surface area contributed by atoms with Crippen molar-refractivity contribution in [3.05, 3.63) is 29.8 Å². The first kappa shape index (κ1) is 17.1. The van der Waals surface area contributed by atoms with Crippen molar-refractivity contribution in [1.82, 2.24) is 0 Å². The number of hydrogen-bond donors (Lipinski definition) is 5. The maximum Gasteiger partial charge on any atom is 0.341 e. The number of esters is 1. The summed E-state index contributed by atoms with van der Waals surface area (Å²) in [5, 5.41) is 37.0. The largest absolute Gasteiger partial charge is 0.448 e. The summed E-state index contributed by atoms with van der Waals surface area (Å²) in [5.74, 6) is -0.963. The number of ether oxygens (including phenoxy) is 1. The highest BCUT2D eigenvalue weighted by Gasteiger charge is 2.33. The average Bonchev–Trinajstić information content (AvgIpc) is 2.50. The van der Waals surface area contributed by atoms with E-state index in [-0.39, 0.29) is 17.5 Å². The summed E-state index contributed by atoms with van der Waals surface area (Å²) < 4.78 is 4.75. The molecule has 0 aliphatic carbocycles. The third-order valence-corrected chi connectivity index (χ3v) is 2.83. The van der Waals surface area contributed by atoms with Crippen LogP contribution in [0.5, 0.6) is 0 Å². The second kappa shape index (κ2) is 7.70. The number of aliphatic hydroxyl groups excluding tert-OH is 4. The summed E-state index contributed by atoms with van der Waals surface area (Å²) in [5.41, 5.74) is 5.69. The number of nitrogen functional groups attached to an aromatic ring is 1. The van der Waals surface area contributed by atoms with E-state index in [1.165, 1.54) is 18.2 Å². The molecule has 0 amide bonds. The van der Waals surface area contributed by atoms with E-state index in [1.54, 1.807) is 6.07 Å². The fourth-order valence-corrected chi connectivity index (χ4v) is 1.58. The first-order chi connectivity index (χ1) is 9.92. The molecule has 0 heterocycles. The molecule has 0 aliphatic heterocycles. The van der Waals surface area contributed by atoms with Crippen molar-refractivity contribution in [3.8, 4) is 0 Å². The van der Waals surface area contributed by atoms with Gasteiger partial charge in [0.2, 0.25) is 0 Å². The lowest BCUT2D eigenvalue weighted by Gasteiger charge is -2.25. The molecule has 0 unspecified atom stereocenters. The van der Waals surface area contributed by atoms with Gasteiger partial charge in [0.25, 0.3) is 0 Å². The molecular weight excluding hydrogens is 282 g/mol. The van der Waals surface area contributed by atoms with E-state index in [0.29, 0.717) is 0 Å². The summed E-state index contributed by atoms with van der Waals surface area (Å²) in [6, 6.07) is 5.95. The zero-order chi connectivity index (χ0) is 16.0. The van der Waals surface area contributed by atoms with Crippen molar-refractivity contribution in [2.75, 3.05) is 12.3 Å². The Kier molecular flexibility index (Phi) is 6.25. The third-order valence-electron chi connectivity index (χ3n) is 2.83. The monoisotopic (exact) mass is 299 g/mol. The molecular formula is C13H17NO7. The zero-order valence-corrected chi connectivity index (χ0v) is 11.0. The fourth-order valence-electron chi connectivity index (χ4n) is 1.58. The molecule has 0 radical (unpaired) electrons. The number of benzene rings is 1. The Morgan fingerprint density at radius 3 is 2.38 bits per heavy atom. The smallest absolute Gasteiger partial charge is 0.341 e. The molecule has 4 atom stereocenters. The standard InChI is InChI=1S/C13H17NO7/c14-8-4-2-1-3-7(8)13(20)21-10(6-16)12(19)11(18)9(17)5-15/h1-4,6,9-12,15,17-19H,5,14H2/t9-,10-,11-,12-/m1/s1. The maximum atomic E-state index is 11.8. The summed E-state index contributed by atoms with van der Waals surface area (Å²) in [6.07, 6.45) is -7.03. The molecule has 0 aliphatic rings. The Hall–Kier alpha value is -2.00. The van der Waals surface area contributed by atoms with E-state index in [2.05, 4.69) is 0 Å². The average molecular weight is 299 g/mol. The summed E-state index contributed by atoms with van der Waals surface area (Å²) in [4.78, 5) is 22.7. The van der Waals surface area contributed by atoms with Crippen molar-refractivity contribution in [1.29, 1.82) is 0 Å². The van der Waals surface area contributed by atoms with Crippen molar-refractivity contribution >= 4 is 17.9 Å². The number of para-hydroxylation sites is 1. The van der Waals surface area contributed by atoms with E-state index < -0.39 is 37.0 Å². The normalized spacial score (nSPS) is 16.6. The topological polar surface area (TPSA) is 150 Å². The number of nitrogens with two attached hydrogens (primary N) is 1. The predicted octanol–water partition coefficient (Wildman–Crippen LogP) is -1.93. The molecule has 0 bridgehead atoms. The summed E-state index contributed by atoms with van der Waals surface area (Å²) >= 11 is 0. The molecule has 1 rings (SSSR count). The van der Waals surface area contributed by atoms with Gasteiger partial charge in [0.15, 0.2) is 12.4 Å². The van der Waals surface area contributed by atoms with Crippen molar-refractivity contribution in [3.63, 3.8) is 0 Å². The highest BCUT2D eigenvalue weighted by Crippen LogP contribution is 2.15. The van der Waals surface area contributed by atoms with Gasteiger partial charge in [-0.25, -0.2) is 4.79 Å². The number of hydrogen-bond acceptors (Lipinski definition) is 8. The van der Waals surface area contributed by atoms with E-state index >= 15 is 0 Å². The lowest BCUT2D eigenvalue weighted by Crippen LogP contribution is -2.48. The van der Waals surface area contributed by atoms with Crippen LogP contribution >= 0.6 is 0 Å². The molecule has 0 spiro atoms. The number of rotatable bonds is 7. The molecule has 116 valence electrons. The van der Waals surface area contributed by atoms with Crippen LogP contribution in [0.25, 0.3) is 0 Å². The van der Waals surface area contributed by atoms with Crippen LogP contribution in [-0.4, -0.2) is 63.7 Å². The molecule has 8 nitrogen and oxygen atoms in total. The minimum absolute atomic E-state index is 0.00579. The highest BCUT2D eigenvalue weighted by atomic mass is 16.6. The lowest BCUT2D eigenvalue weighted by molar-refractivity contribution is -0.137. The molecule has 6 N–H and O–H groups in total. The molecule has 0 fully saturated rings. The van der Waals surface area contributed by atoms with Crippen LogP contribution in [0.1, 0.15) is 10.4 Å². The van der Waals surface area contributed by atoms with Crippen LogP contribution in [0.2, 0.25) is 0 Å². The summed E-state index contributed by atoms with van der Waals surface area (Å²) in [7, 11) is 0. The SMILES string of the molecule is Nc1ccccc1C(=O)O[C@H](C=O)[C@@H](O)[C@H](O)[C@H](O)CO. The van der Waals surface area contributed by atoms with Crippen molar-refractivity contribution in [2.24, 2.45) is 0 Å². The first-order valence-electron chi connectivity index (χ1n) is 6.08. The number of aldehydes is 1. The van der Waals surface area contributed by atoms with Crippen LogP contribution in [0.3, 0.4) is 0 Å². The third kappa shape index (κ3) is 4.23. The maximum absolute atomic E-state index is 11.8. The number of carbonyl (C=O) groups is 2.